The highest BCUT2D eigenvalue weighted by Crippen LogP contribution is 2.10. The third-order valence-corrected chi connectivity index (χ3v) is 3.78. The van der Waals surface area contributed by atoms with E-state index >= 15 is 0 Å². The van der Waals surface area contributed by atoms with E-state index in [0.717, 1.165) is 18.4 Å². The third kappa shape index (κ3) is 13.9. The van der Waals surface area contributed by atoms with Crippen molar-refractivity contribution < 1.29 is 19.2 Å². The highest BCUT2D eigenvalue weighted by atomic mass is 16.7. The maximum Gasteiger partial charge on any atom is 0.312 e. The van der Waals surface area contributed by atoms with Crippen LogP contribution in [-0.4, -0.2) is 37.5 Å². The Morgan fingerprint density at radius 1 is 1.17 bits per heavy atom. The molecule has 11 heteroatoms. The Morgan fingerprint density at radius 2 is 1.83 bits per heavy atom. The smallest absolute Gasteiger partial charge is 0.312 e. The maximum absolute atomic E-state index is 11.8. The molecule has 0 radical (unpaired) electrons. The monoisotopic (exact) mass is 424 g/mol. The maximum atomic E-state index is 11.8. The number of rotatable bonds is 12. The predicted octanol–water partition coefficient (Wildman–Crippen LogP) is 1.38. The van der Waals surface area contributed by atoms with Crippen LogP contribution in [-0.2, 0) is 21.0 Å². The minimum atomic E-state index is -0.443. The molecule has 1 aromatic carbocycles. The van der Waals surface area contributed by atoms with Crippen molar-refractivity contribution in [3.63, 3.8) is 0 Å². The first-order valence-electron chi connectivity index (χ1n) is 9.68. The zero-order valence-corrected chi connectivity index (χ0v) is 17.5. The Labute approximate surface area is 176 Å². The minimum absolute atomic E-state index is 0.0778. The zero-order valence-electron chi connectivity index (χ0n) is 17.5. The van der Waals surface area contributed by atoms with Gasteiger partial charge in [0.05, 0.1) is 6.54 Å². The molecule has 0 bridgehead atoms. The summed E-state index contributed by atoms with van der Waals surface area (Å²) in [6.07, 6.45) is 2.41. The second-order valence-corrected chi connectivity index (χ2v) is 6.43. The lowest BCUT2D eigenvalue weighted by Gasteiger charge is -2.12. The number of amides is 4. The highest BCUT2D eigenvalue weighted by molar-refractivity contribution is 5.94. The van der Waals surface area contributed by atoms with E-state index in [2.05, 4.69) is 26.1 Å². The van der Waals surface area contributed by atoms with Gasteiger partial charge in [0.1, 0.15) is 6.61 Å². The van der Waals surface area contributed by atoms with Gasteiger partial charge in [-0.2, -0.15) is 0 Å². The number of nitrogens with one attached hydrogen (secondary N) is 3. The lowest BCUT2D eigenvalue weighted by molar-refractivity contribution is -0.127. The average Bonchev–Trinajstić information content (AvgIpc) is 2.74. The van der Waals surface area contributed by atoms with Crippen LogP contribution in [0.1, 0.15) is 38.7 Å². The second kappa shape index (κ2) is 16.7. The second-order valence-electron chi connectivity index (χ2n) is 6.43. The summed E-state index contributed by atoms with van der Waals surface area (Å²) in [6.45, 7) is 4.98. The van der Waals surface area contributed by atoms with Crippen molar-refractivity contribution in [2.24, 2.45) is 22.7 Å². The van der Waals surface area contributed by atoms with E-state index in [4.69, 9.17) is 11.5 Å². The fourth-order valence-corrected chi connectivity index (χ4v) is 2.14. The van der Waals surface area contributed by atoms with Crippen molar-refractivity contribution in [1.82, 2.24) is 10.6 Å². The van der Waals surface area contributed by atoms with Crippen LogP contribution in [0.25, 0.3) is 0 Å². The summed E-state index contributed by atoms with van der Waals surface area (Å²) in [5.41, 5.74) is 11.5. The number of primary amides is 1. The predicted molar refractivity (Wildman–Crippen MR) is 114 cm³/mol. The van der Waals surface area contributed by atoms with Crippen LogP contribution in [0.15, 0.2) is 29.6 Å². The fourth-order valence-electron chi connectivity index (χ4n) is 2.14. The molecular formula is C19H32N6O5. The van der Waals surface area contributed by atoms with Crippen LogP contribution >= 0.6 is 0 Å². The van der Waals surface area contributed by atoms with E-state index in [-0.39, 0.29) is 30.9 Å². The number of carbonyl (C=O) groups is 3. The first-order valence-corrected chi connectivity index (χ1v) is 9.68. The Hall–Kier alpha value is -3.21. The molecule has 4 amide bonds. The summed E-state index contributed by atoms with van der Waals surface area (Å²) in [6, 6.07) is 6.31. The molecule has 30 heavy (non-hydrogen) atoms. The Kier molecular flexibility index (Phi) is 14.9. The molecule has 0 aliphatic heterocycles. The van der Waals surface area contributed by atoms with Crippen LogP contribution < -0.4 is 27.4 Å². The molecule has 1 unspecified atom stereocenters. The van der Waals surface area contributed by atoms with Gasteiger partial charge in [-0.25, -0.2) is 4.79 Å². The summed E-state index contributed by atoms with van der Waals surface area (Å²) < 4.78 is 0. The van der Waals surface area contributed by atoms with Gasteiger partial charge in [0, 0.05) is 18.2 Å². The van der Waals surface area contributed by atoms with Crippen LogP contribution in [0.2, 0.25) is 0 Å². The lowest BCUT2D eigenvalue weighted by Crippen LogP contribution is -2.36. The molecule has 1 atom stereocenters. The summed E-state index contributed by atoms with van der Waals surface area (Å²) >= 11 is 0. The quantitative estimate of drug-likeness (QED) is 0.250. The number of hydrogen-bond acceptors (Lipinski definition) is 7. The Bertz CT molecular complexity index is 653. The largest absolute Gasteiger partial charge is 0.359 e. The van der Waals surface area contributed by atoms with Gasteiger partial charge in [-0.1, -0.05) is 26.0 Å². The zero-order chi connectivity index (χ0) is 22.8. The van der Waals surface area contributed by atoms with Gasteiger partial charge in [-0.05, 0) is 43.5 Å². The molecule has 0 aliphatic carbocycles. The molecule has 0 aliphatic rings. The molecule has 0 heterocycles. The van der Waals surface area contributed by atoms with E-state index in [1.54, 1.807) is 31.2 Å². The van der Waals surface area contributed by atoms with Gasteiger partial charge in [0.2, 0.25) is 11.8 Å². The molecule has 1 rings (SSSR count). The Morgan fingerprint density at radius 3 is 2.33 bits per heavy atom. The average molecular weight is 425 g/mol. The van der Waals surface area contributed by atoms with Crippen molar-refractivity contribution in [3.05, 3.63) is 34.7 Å². The molecule has 0 fully saturated rings. The number of nitrogens with zero attached hydrogens (tertiary/aromatic N) is 1. The van der Waals surface area contributed by atoms with Gasteiger partial charge in [-0.3, -0.25) is 9.59 Å². The molecular weight excluding hydrogens is 392 g/mol. The first-order chi connectivity index (χ1) is 14.3. The van der Waals surface area contributed by atoms with Gasteiger partial charge < -0.3 is 32.3 Å². The number of anilines is 1. The molecule has 0 spiro atoms. The van der Waals surface area contributed by atoms with Gasteiger partial charge >= 0.3 is 6.03 Å². The number of urea groups is 1. The molecule has 0 aromatic heterocycles. The molecule has 1 aromatic rings. The topological polar surface area (TPSA) is 178 Å². The first kappa shape index (κ1) is 26.8. The normalized spacial score (nSPS) is 10.6. The van der Waals surface area contributed by atoms with E-state index in [9.17, 15) is 19.3 Å². The van der Waals surface area contributed by atoms with E-state index in [0.29, 0.717) is 25.2 Å². The molecule has 11 nitrogen and oxygen atoms in total. The van der Waals surface area contributed by atoms with Crippen molar-refractivity contribution in [3.8, 4) is 0 Å². The number of carbonyl (C=O) groups excluding carboxylic acids is 3. The third-order valence-electron chi connectivity index (χ3n) is 3.78. The van der Waals surface area contributed by atoms with Crippen molar-refractivity contribution in [1.29, 1.82) is 0 Å². The Balaban J connectivity index is 0.00000103. The van der Waals surface area contributed by atoms with Gasteiger partial charge in [-0.15, -0.1) is 4.91 Å². The van der Waals surface area contributed by atoms with E-state index < -0.39 is 6.03 Å². The SMILES string of the molecule is CC(CCCN)C(=O)NCC(=O)Nc1ccc(CON=O)cc1.CCCNC(N)=O. The standard InChI is InChI=1S/C15H22N4O4.C4H10N2O/c1-11(3-2-8-16)15(21)17-9-14(20)18-13-6-4-12(5-7-13)10-23-19-22;1-2-3-6-4(5)7/h4-7,11H,2-3,8-10,16H2,1H3,(H,17,21)(H,18,20);2-3H2,1H3,(H3,5,6,7). The van der Waals surface area contributed by atoms with Crippen LogP contribution in [0, 0.1) is 10.8 Å². The number of hydrogen-bond donors (Lipinski definition) is 5. The minimum Gasteiger partial charge on any atom is -0.359 e. The van der Waals surface area contributed by atoms with Crippen LogP contribution in [0.5, 0.6) is 0 Å². The molecule has 0 saturated heterocycles. The molecule has 168 valence electrons. The van der Waals surface area contributed by atoms with Crippen LogP contribution in [0.4, 0.5) is 10.5 Å². The van der Waals surface area contributed by atoms with Gasteiger partial charge in [0.25, 0.3) is 0 Å². The van der Waals surface area contributed by atoms with E-state index in [1.165, 1.54) is 0 Å². The molecule has 7 N–H and O–H groups in total. The summed E-state index contributed by atoms with van der Waals surface area (Å²) in [5, 5.41) is 10.00. The van der Waals surface area contributed by atoms with Crippen molar-refractivity contribution in [2.45, 2.75) is 39.7 Å². The van der Waals surface area contributed by atoms with Gasteiger partial charge in [0.15, 0.2) is 5.34 Å². The highest BCUT2D eigenvalue weighted by Gasteiger charge is 2.13. The summed E-state index contributed by atoms with van der Waals surface area (Å²) in [7, 11) is 0. The number of nitrogens with two attached hydrogens (primary N) is 2. The van der Waals surface area contributed by atoms with Crippen LogP contribution in [0.3, 0.4) is 0 Å². The fraction of sp³-hybridized carbons (Fsp3) is 0.526. The van der Waals surface area contributed by atoms with E-state index in [1.807, 2.05) is 6.92 Å². The van der Waals surface area contributed by atoms with Crippen molar-refractivity contribution >= 4 is 23.5 Å². The lowest BCUT2D eigenvalue weighted by atomic mass is 10.1. The van der Waals surface area contributed by atoms with Crippen molar-refractivity contribution in [2.75, 3.05) is 25.0 Å². The summed E-state index contributed by atoms with van der Waals surface area (Å²) in [5.74, 6) is -0.651. The molecule has 0 saturated carbocycles. The number of benzene rings is 1. The summed E-state index contributed by atoms with van der Waals surface area (Å²) in [4.78, 5) is 47.7.